The van der Waals surface area contributed by atoms with E-state index in [-0.39, 0.29) is 11.4 Å². The predicted molar refractivity (Wildman–Crippen MR) is 160 cm³/mol. The fourth-order valence-electron chi connectivity index (χ4n) is 5.50. The number of anilines is 1. The van der Waals surface area contributed by atoms with E-state index in [0.717, 1.165) is 28.3 Å². The summed E-state index contributed by atoms with van der Waals surface area (Å²) in [4.78, 5) is 0. The molecule has 2 atom stereocenters. The SMILES string of the molecule is O=P(c1ccccc1)(c1ccccc1)[C@H]1C[C@@H](P(c2ccccc2)c2ccccc2)Nc2ccccc21. The van der Waals surface area contributed by atoms with E-state index in [9.17, 15) is 0 Å². The highest BCUT2D eigenvalue weighted by molar-refractivity contribution is 7.79. The maximum Gasteiger partial charge on any atom is 0.150 e. The van der Waals surface area contributed by atoms with Crippen LogP contribution in [0, 0.1) is 0 Å². The Morgan fingerprint density at radius 2 is 1.00 bits per heavy atom. The third-order valence-electron chi connectivity index (χ3n) is 7.19. The highest BCUT2D eigenvalue weighted by atomic mass is 31.2. The predicted octanol–water partition coefficient (Wildman–Crippen LogP) is 7.02. The van der Waals surface area contributed by atoms with Crippen LogP contribution in [-0.2, 0) is 4.57 Å². The Labute approximate surface area is 220 Å². The van der Waals surface area contributed by atoms with Gasteiger partial charge >= 0.3 is 0 Å². The third kappa shape index (κ3) is 4.57. The molecule has 4 heteroatoms. The normalized spacial score (nSPS) is 17.1. The van der Waals surface area contributed by atoms with Gasteiger partial charge in [0, 0.05) is 22.0 Å². The average Bonchev–Trinajstić information content (AvgIpc) is 2.98. The second-order valence-corrected chi connectivity index (χ2v) is 14.7. The number of hydrogen-bond donors (Lipinski definition) is 1. The minimum absolute atomic E-state index is 0.128. The molecule has 5 aromatic carbocycles. The van der Waals surface area contributed by atoms with Crippen LogP contribution in [0.25, 0.3) is 0 Å². The van der Waals surface area contributed by atoms with Crippen LogP contribution in [0.3, 0.4) is 0 Å². The standard InChI is InChI=1S/C33H29NOP2/c35-37(28-19-9-3-10-20-28,29-21-11-4-12-22-29)32-25-33(34-31-24-14-13-23-30(31)32)36(26-15-5-1-6-16-26)27-17-7-2-8-18-27/h1-24,32-34H,25H2/t32-,33+/m0/s1. The number of benzene rings is 5. The maximum atomic E-state index is 15.6. The summed E-state index contributed by atoms with van der Waals surface area (Å²) in [5, 5.41) is 8.40. The molecule has 0 spiro atoms. The van der Waals surface area contributed by atoms with E-state index in [1.54, 1.807) is 0 Å². The molecule has 0 fully saturated rings. The van der Waals surface area contributed by atoms with Crippen molar-refractivity contribution in [1.29, 1.82) is 0 Å². The quantitative estimate of drug-likeness (QED) is 0.245. The lowest BCUT2D eigenvalue weighted by molar-refractivity contribution is 0.572. The molecular weight excluding hydrogens is 488 g/mol. The monoisotopic (exact) mass is 517 g/mol. The Morgan fingerprint density at radius 1 is 0.568 bits per heavy atom. The van der Waals surface area contributed by atoms with Gasteiger partial charge in [0.15, 0.2) is 7.14 Å². The van der Waals surface area contributed by atoms with Gasteiger partial charge < -0.3 is 9.88 Å². The first-order valence-electron chi connectivity index (χ1n) is 12.7. The topological polar surface area (TPSA) is 29.1 Å². The maximum absolute atomic E-state index is 15.6. The van der Waals surface area contributed by atoms with Gasteiger partial charge in [-0.15, -0.1) is 0 Å². The molecule has 0 amide bonds. The van der Waals surface area contributed by atoms with E-state index in [1.165, 1.54) is 10.6 Å². The Morgan fingerprint density at radius 3 is 1.51 bits per heavy atom. The van der Waals surface area contributed by atoms with Crippen molar-refractivity contribution < 1.29 is 4.57 Å². The van der Waals surface area contributed by atoms with E-state index in [1.807, 2.05) is 60.7 Å². The van der Waals surface area contributed by atoms with Crippen LogP contribution in [0.5, 0.6) is 0 Å². The fourth-order valence-corrected chi connectivity index (χ4v) is 11.7. The molecule has 6 rings (SSSR count). The number of para-hydroxylation sites is 1. The Balaban J connectivity index is 1.54. The molecule has 0 aliphatic carbocycles. The summed E-state index contributed by atoms with van der Waals surface area (Å²) < 4.78 is 15.6. The van der Waals surface area contributed by atoms with Crippen molar-refractivity contribution in [2.75, 3.05) is 5.32 Å². The van der Waals surface area contributed by atoms with Crippen LogP contribution < -0.4 is 26.5 Å². The summed E-state index contributed by atoms with van der Waals surface area (Å²) in [7, 11) is -3.76. The van der Waals surface area contributed by atoms with Crippen molar-refractivity contribution in [3.05, 3.63) is 151 Å². The van der Waals surface area contributed by atoms with Crippen LogP contribution in [0.15, 0.2) is 146 Å². The van der Waals surface area contributed by atoms with Crippen molar-refractivity contribution in [3.63, 3.8) is 0 Å². The highest BCUT2D eigenvalue weighted by Gasteiger charge is 2.44. The molecular formula is C33H29NOP2. The first-order valence-corrected chi connectivity index (χ1v) is 15.9. The van der Waals surface area contributed by atoms with Crippen LogP contribution in [0.2, 0.25) is 0 Å². The zero-order valence-electron chi connectivity index (χ0n) is 20.5. The Kier molecular flexibility index (Phi) is 6.79. The molecule has 2 nitrogen and oxygen atoms in total. The number of rotatable bonds is 6. The molecule has 37 heavy (non-hydrogen) atoms. The van der Waals surface area contributed by atoms with Gasteiger partial charge in [0.2, 0.25) is 0 Å². The summed E-state index contributed by atoms with van der Waals surface area (Å²) >= 11 is 0. The van der Waals surface area contributed by atoms with Crippen LogP contribution in [0.4, 0.5) is 5.69 Å². The summed E-state index contributed by atoms with van der Waals surface area (Å²) in [6.07, 6.45) is 0.785. The van der Waals surface area contributed by atoms with Crippen LogP contribution in [0.1, 0.15) is 17.6 Å². The molecule has 1 aliphatic rings. The minimum Gasteiger partial charge on any atom is -0.378 e. The van der Waals surface area contributed by atoms with Gasteiger partial charge in [-0.25, -0.2) is 0 Å². The van der Waals surface area contributed by atoms with Gasteiger partial charge in [0.1, 0.15) is 0 Å². The van der Waals surface area contributed by atoms with Crippen molar-refractivity contribution in [3.8, 4) is 0 Å². The minimum atomic E-state index is -3.02. The largest absolute Gasteiger partial charge is 0.378 e. The van der Waals surface area contributed by atoms with E-state index in [0.29, 0.717) is 0 Å². The number of hydrogen-bond acceptors (Lipinski definition) is 2. The van der Waals surface area contributed by atoms with Crippen LogP contribution >= 0.6 is 15.1 Å². The molecule has 5 aromatic rings. The Bertz CT molecular complexity index is 1420. The summed E-state index contributed by atoms with van der Waals surface area (Å²) in [6, 6.07) is 50.3. The van der Waals surface area contributed by atoms with Gasteiger partial charge in [-0.3, -0.25) is 0 Å². The lowest BCUT2D eigenvalue weighted by atomic mass is 10.0. The molecule has 0 radical (unpaired) electrons. The second-order valence-electron chi connectivity index (χ2n) is 9.37. The number of fused-ring (bicyclic) bond motifs is 1. The molecule has 1 heterocycles. The molecule has 1 N–H and O–H groups in total. The van der Waals surface area contributed by atoms with E-state index < -0.39 is 15.1 Å². The van der Waals surface area contributed by atoms with Crippen molar-refractivity contribution >= 4 is 42.0 Å². The van der Waals surface area contributed by atoms with Crippen molar-refractivity contribution in [2.24, 2.45) is 0 Å². The number of nitrogens with one attached hydrogen (secondary N) is 1. The first kappa shape index (κ1) is 23.9. The zero-order valence-corrected chi connectivity index (χ0v) is 22.3. The van der Waals surface area contributed by atoms with E-state index in [2.05, 4.69) is 90.2 Å². The van der Waals surface area contributed by atoms with E-state index >= 15 is 4.57 Å². The summed E-state index contributed by atoms with van der Waals surface area (Å²) in [5.74, 6) is 0.139. The Hall–Kier alpha value is -3.44. The summed E-state index contributed by atoms with van der Waals surface area (Å²) in [5.41, 5.74) is 2.11. The van der Waals surface area contributed by atoms with Crippen LogP contribution in [-0.4, -0.2) is 5.78 Å². The van der Waals surface area contributed by atoms with Gasteiger partial charge in [-0.1, -0.05) is 140 Å². The fraction of sp³-hybridized carbons (Fsp3) is 0.0909. The zero-order chi connectivity index (χ0) is 25.1. The average molecular weight is 518 g/mol. The van der Waals surface area contributed by atoms with Crippen molar-refractivity contribution in [1.82, 2.24) is 0 Å². The molecule has 0 aromatic heterocycles. The smallest absolute Gasteiger partial charge is 0.150 e. The molecule has 1 aliphatic heterocycles. The molecule has 182 valence electrons. The lowest BCUT2D eigenvalue weighted by Gasteiger charge is -2.41. The lowest BCUT2D eigenvalue weighted by Crippen LogP contribution is -2.35. The van der Waals surface area contributed by atoms with Gasteiger partial charge in [-0.2, -0.15) is 0 Å². The summed E-state index contributed by atoms with van der Waals surface area (Å²) in [6.45, 7) is 0. The van der Waals surface area contributed by atoms with Gasteiger partial charge in [0.05, 0.1) is 5.78 Å². The molecule has 0 saturated carbocycles. The second kappa shape index (κ2) is 10.5. The first-order chi connectivity index (χ1) is 18.2. The molecule has 0 bridgehead atoms. The molecule has 0 saturated heterocycles. The van der Waals surface area contributed by atoms with Crippen molar-refractivity contribution in [2.45, 2.75) is 17.9 Å². The van der Waals surface area contributed by atoms with Gasteiger partial charge in [-0.05, 0) is 36.6 Å². The third-order valence-corrected chi connectivity index (χ3v) is 13.4. The van der Waals surface area contributed by atoms with Gasteiger partial charge in [0.25, 0.3) is 0 Å². The van der Waals surface area contributed by atoms with E-state index in [4.69, 9.17) is 0 Å². The highest BCUT2D eigenvalue weighted by Crippen LogP contribution is 2.64. The molecule has 0 unspecified atom stereocenters.